The van der Waals surface area contributed by atoms with E-state index in [1.54, 1.807) is 6.92 Å². The topological polar surface area (TPSA) is 67.5 Å². The Hall–Kier alpha value is -2.36. The molecular weight excluding hydrogens is 400 g/mol. The quantitative estimate of drug-likeness (QED) is 0.156. The van der Waals surface area contributed by atoms with Crippen LogP contribution in [0.3, 0.4) is 0 Å². The van der Waals surface area contributed by atoms with Crippen LogP contribution in [0.2, 0.25) is 0 Å². The average molecular weight is 441 g/mol. The van der Waals surface area contributed by atoms with Crippen molar-refractivity contribution in [3.05, 3.63) is 58.5 Å². The predicted octanol–water partition coefficient (Wildman–Crippen LogP) is 7.68. The van der Waals surface area contributed by atoms with Crippen molar-refractivity contribution in [2.45, 2.75) is 96.8 Å². The standard InChI is InChI=1S/C28H40O4/c1-23(28(30)31)16-14-12-10-8-6-4-2-3-5-7-9-11-13-15-17-24-18-19-25-20-21-27(29)32-26(25)22-24/h2,4,18-23H,3,5-17H2,1H3,(H,30,31). The Morgan fingerprint density at radius 1 is 0.875 bits per heavy atom. The Labute approximate surface area is 192 Å². The number of benzene rings is 1. The minimum atomic E-state index is -0.675. The molecule has 0 fully saturated rings. The third-order valence-corrected chi connectivity index (χ3v) is 6.12. The molecule has 32 heavy (non-hydrogen) atoms. The molecule has 4 heteroatoms. The summed E-state index contributed by atoms with van der Waals surface area (Å²) < 4.78 is 5.27. The highest BCUT2D eigenvalue weighted by Crippen LogP contribution is 2.17. The molecule has 0 bridgehead atoms. The molecule has 1 aromatic heterocycles. The molecule has 1 heterocycles. The molecule has 0 radical (unpaired) electrons. The van der Waals surface area contributed by atoms with Crippen molar-refractivity contribution in [3.8, 4) is 0 Å². The Morgan fingerprint density at radius 2 is 1.47 bits per heavy atom. The zero-order chi connectivity index (χ0) is 23.0. The first-order valence-electron chi connectivity index (χ1n) is 12.5. The fourth-order valence-corrected chi connectivity index (χ4v) is 3.98. The number of aliphatic carboxylic acids is 1. The maximum atomic E-state index is 11.4. The van der Waals surface area contributed by atoms with Crippen molar-refractivity contribution in [1.82, 2.24) is 0 Å². The minimum Gasteiger partial charge on any atom is -0.481 e. The third-order valence-electron chi connectivity index (χ3n) is 6.12. The van der Waals surface area contributed by atoms with Gasteiger partial charge in [-0.15, -0.1) is 0 Å². The lowest BCUT2D eigenvalue weighted by molar-refractivity contribution is -0.141. The van der Waals surface area contributed by atoms with Gasteiger partial charge in [-0.25, -0.2) is 4.79 Å². The summed E-state index contributed by atoms with van der Waals surface area (Å²) in [5.41, 5.74) is 1.64. The molecule has 1 unspecified atom stereocenters. The van der Waals surface area contributed by atoms with Gasteiger partial charge in [0.15, 0.2) is 0 Å². The van der Waals surface area contributed by atoms with Gasteiger partial charge in [0.2, 0.25) is 0 Å². The van der Waals surface area contributed by atoms with Gasteiger partial charge < -0.3 is 9.52 Å². The summed E-state index contributed by atoms with van der Waals surface area (Å²) in [6.07, 6.45) is 21.0. The van der Waals surface area contributed by atoms with Crippen LogP contribution < -0.4 is 5.63 Å². The first-order valence-corrected chi connectivity index (χ1v) is 12.5. The van der Waals surface area contributed by atoms with Gasteiger partial charge in [-0.1, -0.05) is 76.2 Å². The number of hydrogen-bond acceptors (Lipinski definition) is 3. The van der Waals surface area contributed by atoms with Gasteiger partial charge in [0, 0.05) is 11.5 Å². The summed E-state index contributed by atoms with van der Waals surface area (Å²) in [6.45, 7) is 1.79. The second-order valence-electron chi connectivity index (χ2n) is 8.99. The van der Waals surface area contributed by atoms with E-state index < -0.39 is 5.97 Å². The number of allylic oxidation sites excluding steroid dienone is 2. The highest BCUT2D eigenvalue weighted by Gasteiger charge is 2.09. The van der Waals surface area contributed by atoms with Crippen LogP contribution in [0.4, 0.5) is 0 Å². The lowest BCUT2D eigenvalue weighted by Gasteiger charge is -2.04. The number of carbonyl (C=O) groups is 1. The molecule has 0 saturated carbocycles. The van der Waals surface area contributed by atoms with Crippen molar-refractivity contribution in [3.63, 3.8) is 0 Å². The predicted molar refractivity (Wildman–Crippen MR) is 132 cm³/mol. The van der Waals surface area contributed by atoms with Crippen molar-refractivity contribution in [2.75, 3.05) is 0 Å². The van der Waals surface area contributed by atoms with E-state index in [4.69, 9.17) is 9.52 Å². The van der Waals surface area contributed by atoms with Crippen molar-refractivity contribution >= 4 is 16.9 Å². The second-order valence-corrected chi connectivity index (χ2v) is 8.99. The first kappa shape index (κ1) is 25.9. The zero-order valence-corrected chi connectivity index (χ0v) is 19.7. The number of hydrogen-bond donors (Lipinski definition) is 1. The van der Waals surface area contributed by atoms with Crippen molar-refractivity contribution in [1.29, 1.82) is 0 Å². The highest BCUT2D eigenvalue weighted by atomic mass is 16.4. The summed E-state index contributed by atoms with van der Waals surface area (Å²) in [7, 11) is 0. The maximum Gasteiger partial charge on any atom is 0.336 e. The molecule has 0 spiro atoms. The molecule has 0 saturated heterocycles. The van der Waals surface area contributed by atoms with E-state index in [0.29, 0.717) is 5.58 Å². The molecule has 4 nitrogen and oxygen atoms in total. The molecular formula is C28H40O4. The van der Waals surface area contributed by atoms with Gasteiger partial charge in [0.05, 0.1) is 5.92 Å². The number of carboxylic acid groups (broad SMARTS) is 1. The second kappa shape index (κ2) is 15.4. The number of unbranched alkanes of at least 4 members (excludes halogenated alkanes) is 10. The molecule has 2 aromatic rings. The van der Waals surface area contributed by atoms with E-state index in [-0.39, 0.29) is 11.5 Å². The number of rotatable bonds is 17. The van der Waals surface area contributed by atoms with E-state index in [9.17, 15) is 9.59 Å². The van der Waals surface area contributed by atoms with Crippen LogP contribution in [0, 0.1) is 5.92 Å². The Balaban J connectivity index is 1.39. The summed E-state index contributed by atoms with van der Waals surface area (Å²) >= 11 is 0. The summed E-state index contributed by atoms with van der Waals surface area (Å²) in [5, 5.41) is 9.83. The highest BCUT2D eigenvalue weighted by molar-refractivity contribution is 5.76. The number of aryl methyl sites for hydroxylation is 1. The minimum absolute atomic E-state index is 0.204. The number of fused-ring (bicyclic) bond motifs is 1. The summed E-state index contributed by atoms with van der Waals surface area (Å²) in [5.74, 6) is -0.878. The van der Waals surface area contributed by atoms with E-state index in [1.165, 1.54) is 69.4 Å². The van der Waals surface area contributed by atoms with Crippen LogP contribution in [0.25, 0.3) is 11.0 Å². The molecule has 2 rings (SSSR count). The van der Waals surface area contributed by atoms with E-state index in [2.05, 4.69) is 18.2 Å². The van der Waals surface area contributed by atoms with Crippen LogP contribution in [-0.4, -0.2) is 11.1 Å². The van der Waals surface area contributed by atoms with Gasteiger partial charge in [0.25, 0.3) is 0 Å². The Kier molecular flexibility index (Phi) is 12.5. The van der Waals surface area contributed by atoms with Gasteiger partial charge in [-0.05, 0) is 62.6 Å². The SMILES string of the molecule is CC(CCCCCCC=CCCCCCCCCc1ccc2ccc(=O)oc2c1)C(=O)O. The largest absolute Gasteiger partial charge is 0.481 e. The summed E-state index contributed by atoms with van der Waals surface area (Å²) in [6, 6.07) is 9.45. The van der Waals surface area contributed by atoms with E-state index in [0.717, 1.165) is 37.5 Å². The normalized spacial score (nSPS) is 12.5. The van der Waals surface area contributed by atoms with Crippen LogP contribution in [0.1, 0.15) is 96.0 Å². The van der Waals surface area contributed by atoms with Crippen LogP contribution in [0.5, 0.6) is 0 Å². The lowest BCUT2D eigenvalue weighted by Crippen LogP contribution is -2.08. The first-order chi connectivity index (χ1) is 15.6. The van der Waals surface area contributed by atoms with Gasteiger partial charge in [-0.3, -0.25) is 4.79 Å². The Bertz CT molecular complexity index is 880. The molecule has 0 amide bonds. The smallest absolute Gasteiger partial charge is 0.336 e. The fourth-order valence-electron chi connectivity index (χ4n) is 3.98. The monoisotopic (exact) mass is 440 g/mol. The molecule has 0 aliphatic rings. The zero-order valence-electron chi connectivity index (χ0n) is 19.7. The molecule has 0 aliphatic heterocycles. The van der Waals surface area contributed by atoms with E-state index >= 15 is 0 Å². The average Bonchev–Trinajstić information content (AvgIpc) is 2.78. The third kappa shape index (κ3) is 10.8. The maximum absolute atomic E-state index is 11.4. The van der Waals surface area contributed by atoms with E-state index in [1.807, 2.05) is 18.2 Å². The van der Waals surface area contributed by atoms with Crippen LogP contribution in [-0.2, 0) is 11.2 Å². The molecule has 0 aliphatic carbocycles. The summed E-state index contributed by atoms with van der Waals surface area (Å²) in [4.78, 5) is 22.1. The van der Waals surface area contributed by atoms with Gasteiger partial charge in [0.1, 0.15) is 5.58 Å². The molecule has 176 valence electrons. The molecule has 1 atom stereocenters. The molecule has 1 N–H and O–H groups in total. The van der Waals surface area contributed by atoms with Gasteiger partial charge >= 0.3 is 11.6 Å². The van der Waals surface area contributed by atoms with Gasteiger partial charge in [-0.2, -0.15) is 0 Å². The van der Waals surface area contributed by atoms with Crippen LogP contribution in [0.15, 0.2) is 51.7 Å². The van der Waals surface area contributed by atoms with Crippen LogP contribution >= 0.6 is 0 Å². The fraction of sp³-hybridized carbons (Fsp3) is 0.571. The molecule has 1 aromatic carbocycles. The Morgan fingerprint density at radius 3 is 2.16 bits per heavy atom. The van der Waals surface area contributed by atoms with Crippen molar-refractivity contribution in [2.24, 2.45) is 5.92 Å². The lowest BCUT2D eigenvalue weighted by atomic mass is 10.0. The van der Waals surface area contributed by atoms with Crippen molar-refractivity contribution < 1.29 is 14.3 Å². The number of carboxylic acids is 1.